The summed E-state index contributed by atoms with van der Waals surface area (Å²) in [6, 6.07) is -1.16. The fourth-order valence-electron chi connectivity index (χ4n) is 1.12. The van der Waals surface area contributed by atoms with Gasteiger partial charge in [0.2, 0.25) is 0 Å². The Morgan fingerprint density at radius 3 is 1.41 bits per heavy atom. The van der Waals surface area contributed by atoms with Gasteiger partial charge in [-0.3, -0.25) is 4.79 Å². The molecule has 0 bridgehead atoms. The van der Waals surface area contributed by atoms with Crippen LogP contribution in [0.5, 0.6) is 0 Å². The number of aliphatic carboxylic acids is 1. The van der Waals surface area contributed by atoms with Crippen molar-refractivity contribution in [1.82, 2.24) is 0 Å². The summed E-state index contributed by atoms with van der Waals surface area (Å²) in [7, 11) is 0. The van der Waals surface area contributed by atoms with Crippen LogP contribution in [-0.4, -0.2) is 39.5 Å². The molecule has 0 aliphatic heterocycles. The highest BCUT2D eigenvalue weighted by Gasteiger charge is 2.20. The van der Waals surface area contributed by atoms with Crippen molar-refractivity contribution in [2.45, 2.75) is 71.8 Å². The Balaban J connectivity index is 0. The Labute approximate surface area is 104 Å². The second kappa shape index (κ2) is 6.93. The van der Waals surface area contributed by atoms with Gasteiger partial charge in [-0.15, -0.1) is 0 Å². The van der Waals surface area contributed by atoms with E-state index in [2.05, 4.69) is 41.5 Å². The second-order valence-electron chi connectivity index (χ2n) is 5.93. The van der Waals surface area contributed by atoms with Gasteiger partial charge in [-0.1, -0.05) is 0 Å². The first-order valence-electron chi connectivity index (χ1n) is 5.63. The van der Waals surface area contributed by atoms with Crippen LogP contribution in [0, 0.1) is 0 Å². The zero-order chi connectivity index (χ0) is 14.4. The van der Waals surface area contributed by atoms with E-state index in [4.69, 9.17) is 20.7 Å². The number of rotatable bonds is 2. The predicted molar refractivity (Wildman–Crippen MR) is 67.9 cm³/mol. The van der Waals surface area contributed by atoms with E-state index < -0.39 is 18.1 Å². The van der Waals surface area contributed by atoms with Gasteiger partial charge in [-0.25, -0.2) is 0 Å². The molecule has 0 fully saturated rings. The average Bonchev–Trinajstić information content (AvgIpc) is 1.96. The first-order valence-corrected chi connectivity index (χ1v) is 5.63. The topological polar surface area (TPSA) is 92.8 Å². The maximum Gasteiger partial charge on any atom is 0.323 e. The van der Waals surface area contributed by atoms with Crippen LogP contribution >= 0.6 is 0 Å². The van der Waals surface area contributed by atoms with E-state index >= 15 is 0 Å². The lowest BCUT2D eigenvalue weighted by molar-refractivity contribution is -0.140. The van der Waals surface area contributed by atoms with Crippen LogP contribution in [0.1, 0.15) is 48.5 Å². The van der Waals surface area contributed by atoms with Gasteiger partial charge in [-0.05, 0) is 48.5 Å². The third kappa shape index (κ3) is 15.4. The van der Waals surface area contributed by atoms with E-state index in [0.29, 0.717) is 0 Å². The number of hydrogen-bond acceptors (Lipinski definition) is 4. The molecule has 0 aromatic carbocycles. The second-order valence-corrected chi connectivity index (χ2v) is 5.93. The van der Waals surface area contributed by atoms with E-state index in [1.165, 1.54) is 6.92 Å². The van der Waals surface area contributed by atoms with Crippen LogP contribution in [0.3, 0.4) is 0 Å². The number of aliphatic hydroxyl groups excluding tert-OH is 1. The first kappa shape index (κ1) is 18.7. The van der Waals surface area contributed by atoms with Crippen LogP contribution < -0.4 is 5.73 Å². The maximum atomic E-state index is 9.86. The third-order valence-electron chi connectivity index (χ3n) is 1.42. The Morgan fingerprint density at radius 2 is 1.41 bits per heavy atom. The van der Waals surface area contributed by atoms with Crippen LogP contribution in [0.25, 0.3) is 0 Å². The van der Waals surface area contributed by atoms with Crippen molar-refractivity contribution in [2.24, 2.45) is 5.73 Å². The summed E-state index contributed by atoms with van der Waals surface area (Å²) in [6.07, 6.45) is -0.979. The van der Waals surface area contributed by atoms with Gasteiger partial charge >= 0.3 is 5.97 Å². The van der Waals surface area contributed by atoms with Gasteiger partial charge in [0.25, 0.3) is 0 Å². The predicted octanol–water partition coefficient (Wildman–Crippen LogP) is 1.38. The standard InChI is InChI=1S/C8H18O.C4H9NO3/c1-7(2,3)9-8(4,5)6;1-2(6)3(5)4(7)8/h1-6H3;2-3,6H,5H2,1H3,(H,7,8)/t;2-,3+/m.1/s1. The molecule has 0 aliphatic carbocycles. The molecule has 0 unspecified atom stereocenters. The van der Waals surface area contributed by atoms with Crippen molar-refractivity contribution < 1.29 is 19.7 Å². The number of ether oxygens (including phenoxy) is 1. The number of carbonyl (C=O) groups is 1. The molecule has 5 nitrogen and oxygen atoms in total. The van der Waals surface area contributed by atoms with Crippen molar-refractivity contribution in [3.63, 3.8) is 0 Å². The number of carboxylic acids is 1. The maximum absolute atomic E-state index is 9.86. The zero-order valence-electron chi connectivity index (χ0n) is 11.9. The Morgan fingerprint density at radius 1 is 1.12 bits per heavy atom. The fraction of sp³-hybridized carbons (Fsp3) is 0.917. The number of aliphatic hydroxyl groups is 1. The Kier molecular flexibility index (Phi) is 7.63. The minimum absolute atomic E-state index is 0.0156. The van der Waals surface area contributed by atoms with Crippen LogP contribution in [-0.2, 0) is 9.53 Å². The monoisotopic (exact) mass is 249 g/mol. The summed E-state index contributed by atoms with van der Waals surface area (Å²) in [4.78, 5) is 9.86. The third-order valence-corrected chi connectivity index (χ3v) is 1.42. The number of nitrogens with two attached hydrogens (primary N) is 1. The van der Waals surface area contributed by atoms with E-state index in [1.807, 2.05) is 0 Å². The van der Waals surface area contributed by atoms with Gasteiger partial charge < -0.3 is 20.7 Å². The summed E-state index contributed by atoms with van der Waals surface area (Å²) < 4.78 is 5.62. The number of hydrogen-bond donors (Lipinski definition) is 3. The molecule has 0 aliphatic rings. The summed E-state index contributed by atoms with van der Waals surface area (Å²) in [5, 5.41) is 16.6. The van der Waals surface area contributed by atoms with Gasteiger partial charge in [-0.2, -0.15) is 0 Å². The van der Waals surface area contributed by atoms with Crippen LogP contribution in [0.2, 0.25) is 0 Å². The smallest absolute Gasteiger partial charge is 0.323 e. The van der Waals surface area contributed by atoms with Crippen LogP contribution in [0.15, 0.2) is 0 Å². The molecule has 0 saturated carbocycles. The molecule has 0 aromatic rings. The molecule has 0 rings (SSSR count). The lowest BCUT2D eigenvalue weighted by Gasteiger charge is -2.30. The lowest BCUT2D eigenvalue weighted by atomic mass is 10.1. The van der Waals surface area contributed by atoms with Crippen LogP contribution in [0.4, 0.5) is 0 Å². The minimum atomic E-state index is -1.18. The highest BCUT2D eigenvalue weighted by atomic mass is 16.5. The molecule has 5 heteroatoms. The van der Waals surface area contributed by atoms with E-state index in [0.717, 1.165) is 0 Å². The SMILES string of the molecule is CC(C)(C)OC(C)(C)C.C[C@@H](O)[C@H](N)C(=O)O. The molecule has 0 saturated heterocycles. The first-order chi connectivity index (χ1) is 7.26. The Hall–Kier alpha value is -0.650. The van der Waals surface area contributed by atoms with Crippen molar-refractivity contribution in [1.29, 1.82) is 0 Å². The quantitative estimate of drug-likeness (QED) is 0.687. The molecule has 0 aromatic heterocycles. The lowest BCUT2D eigenvalue weighted by Crippen LogP contribution is -2.39. The molecular weight excluding hydrogens is 222 g/mol. The zero-order valence-corrected chi connectivity index (χ0v) is 11.9. The van der Waals surface area contributed by atoms with E-state index in [1.54, 1.807) is 0 Å². The molecule has 4 N–H and O–H groups in total. The minimum Gasteiger partial charge on any atom is -0.480 e. The Bertz CT molecular complexity index is 214. The summed E-state index contributed by atoms with van der Waals surface area (Å²) in [6.45, 7) is 13.7. The largest absolute Gasteiger partial charge is 0.480 e. The summed E-state index contributed by atoms with van der Waals surface area (Å²) >= 11 is 0. The highest BCUT2D eigenvalue weighted by molar-refractivity contribution is 5.73. The van der Waals surface area contributed by atoms with Crippen molar-refractivity contribution in [3.8, 4) is 0 Å². The molecule has 0 heterocycles. The van der Waals surface area contributed by atoms with Gasteiger partial charge in [0, 0.05) is 0 Å². The van der Waals surface area contributed by atoms with E-state index in [-0.39, 0.29) is 11.2 Å². The van der Waals surface area contributed by atoms with Crippen molar-refractivity contribution >= 4 is 5.97 Å². The molecule has 17 heavy (non-hydrogen) atoms. The molecule has 0 radical (unpaired) electrons. The molecule has 0 amide bonds. The normalized spacial score (nSPS) is 15.6. The van der Waals surface area contributed by atoms with Gasteiger partial charge in [0.15, 0.2) is 0 Å². The van der Waals surface area contributed by atoms with Crippen molar-refractivity contribution in [2.75, 3.05) is 0 Å². The molecule has 104 valence electrons. The molecule has 0 spiro atoms. The summed E-state index contributed by atoms with van der Waals surface area (Å²) in [5.74, 6) is -1.18. The number of carboxylic acid groups (broad SMARTS) is 1. The molecule has 2 atom stereocenters. The van der Waals surface area contributed by atoms with Crippen molar-refractivity contribution in [3.05, 3.63) is 0 Å². The summed E-state index contributed by atoms with van der Waals surface area (Å²) in [5.41, 5.74) is 4.88. The molecular formula is C12H27NO4. The highest BCUT2D eigenvalue weighted by Crippen LogP contribution is 2.17. The van der Waals surface area contributed by atoms with E-state index in [9.17, 15) is 4.79 Å². The van der Waals surface area contributed by atoms with Gasteiger partial charge in [0.1, 0.15) is 6.04 Å². The van der Waals surface area contributed by atoms with Gasteiger partial charge in [0.05, 0.1) is 17.3 Å². The fourth-order valence-corrected chi connectivity index (χ4v) is 1.12. The average molecular weight is 249 g/mol.